The lowest BCUT2D eigenvalue weighted by atomic mass is 10.1. The number of aryl methyl sites for hydroxylation is 2. The molecule has 0 saturated heterocycles. The standard InChI is InChI=1S/C22H18Br2ClNO/c1-14-3-8-21(15(2)9-14)26-12-17-10-18(23)11-20(24)22(17)27-13-16-4-6-19(25)7-5-16/h3-12H,13H2,1-2H3. The Balaban J connectivity index is 1.87. The van der Waals surface area contributed by atoms with Crippen molar-refractivity contribution >= 4 is 55.4 Å². The van der Waals surface area contributed by atoms with Crippen LogP contribution in [0.4, 0.5) is 5.69 Å². The molecule has 0 aliphatic carbocycles. The molecule has 3 aromatic carbocycles. The highest BCUT2D eigenvalue weighted by Crippen LogP contribution is 2.33. The van der Waals surface area contributed by atoms with Crippen LogP contribution in [-0.4, -0.2) is 6.21 Å². The molecule has 0 unspecified atom stereocenters. The van der Waals surface area contributed by atoms with E-state index in [9.17, 15) is 0 Å². The quantitative estimate of drug-likeness (QED) is 0.323. The SMILES string of the molecule is Cc1ccc(N=Cc2cc(Br)cc(Br)c2OCc2ccc(Cl)cc2)c(C)c1. The highest BCUT2D eigenvalue weighted by atomic mass is 79.9. The van der Waals surface area contributed by atoms with E-state index >= 15 is 0 Å². The molecule has 0 saturated carbocycles. The van der Waals surface area contributed by atoms with Crippen molar-refractivity contribution in [1.82, 2.24) is 0 Å². The Bertz CT molecular complexity index is 984. The summed E-state index contributed by atoms with van der Waals surface area (Å²) in [5.74, 6) is 0.752. The summed E-state index contributed by atoms with van der Waals surface area (Å²) in [5.41, 5.74) is 5.25. The van der Waals surface area contributed by atoms with Gasteiger partial charge in [-0.15, -0.1) is 0 Å². The normalized spacial score (nSPS) is 11.1. The zero-order valence-electron chi connectivity index (χ0n) is 15.0. The number of hydrogen-bond acceptors (Lipinski definition) is 2. The van der Waals surface area contributed by atoms with E-state index < -0.39 is 0 Å². The lowest BCUT2D eigenvalue weighted by Gasteiger charge is -2.12. The number of halogens is 3. The Morgan fingerprint density at radius 1 is 1.00 bits per heavy atom. The molecule has 27 heavy (non-hydrogen) atoms. The molecule has 3 rings (SSSR count). The van der Waals surface area contributed by atoms with Crippen molar-refractivity contribution in [2.24, 2.45) is 4.99 Å². The molecule has 0 radical (unpaired) electrons. The highest BCUT2D eigenvalue weighted by Gasteiger charge is 2.10. The average molecular weight is 508 g/mol. The second-order valence-corrected chi connectivity index (χ2v) is 8.48. The fourth-order valence-electron chi connectivity index (χ4n) is 2.65. The van der Waals surface area contributed by atoms with E-state index in [1.165, 1.54) is 5.56 Å². The number of rotatable bonds is 5. The van der Waals surface area contributed by atoms with Crippen molar-refractivity contribution in [3.8, 4) is 5.75 Å². The first kappa shape index (κ1) is 20.1. The summed E-state index contributed by atoms with van der Waals surface area (Å²) in [6, 6.07) is 17.8. The van der Waals surface area contributed by atoms with Gasteiger partial charge in [-0.05, 0) is 71.2 Å². The molecule has 0 atom stereocenters. The van der Waals surface area contributed by atoms with Gasteiger partial charge in [0.2, 0.25) is 0 Å². The van der Waals surface area contributed by atoms with E-state index in [-0.39, 0.29) is 0 Å². The fraction of sp³-hybridized carbons (Fsp3) is 0.136. The number of ether oxygens (including phenoxy) is 1. The molecule has 2 nitrogen and oxygen atoms in total. The summed E-state index contributed by atoms with van der Waals surface area (Å²) < 4.78 is 7.91. The third-order valence-corrected chi connectivity index (χ3v) is 5.33. The minimum Gasteiger partial charge on any atom is -0.487 e. The smallest absolute Gasteiger partial charge is 0.142 e. The first-order valence-electron chi connectivity index (χ1n) is 8.40. The number of aliphatic imine (C=N–C) groups is 1. The van der Waals surface area contributed by atoms with Gasteiger partial charge in [0.05, 0.1) is 10.2 Å². The van der Waals surface area contributed by atoms with E-state index in [0.29, 0.717) is 11.6 Å². The van der Waals surface area contributed by atoms with Crippen LogP contribution in [0, 0.1) is 13.8 Å². The zero-order chi connectivity index (χ0) is 19.4. The van der Waals surface area contributed by atoms with Crippen molar-refractivity contribution in [3.05, 3.63) is 90.8 Å². The van der Waals surface area contributed by atoms with Crippen LogP contribution in [0.25, 0.3) is 0 Å². The van der Waals surface area contributed by atoms with E-state index in [0.717, 1.165) is 37.1 Å². The Hall–Kier alpha value is -1.62. The molecule has 138 valence electrons. The molecule has 0 heterocycles. The van der Waals surface area contributed by atoms with Crippen LogP contribution < -0.4 is 4.74 Å². The largest absolute Gasteiger partial charge is 0.487 e. The summed E-state index contributed by atoms with van der Waals surface area (Å²) in [4.78, 5) is 4.66. The molecule has 5 heteroatoms. The van der Waals surface area contributed by atoms with Gasteiger partial charge in [-0.25, -0.2) is 0 Å². The summed E-state index contributed by atoms with van der Waals surface area (Å²) in [6.07, 6.45) is 1.84. The van der Waals surface area contributed by atoms with E-state index in [4.69, 9.17) is 16.3 Å². The molecule has 0 amide bonds. The van der Waals surface area contributed by atoms with Crippen LogP contribution >= 0.6 is 43.5 Å². The van der Waals surface area contributed by atoms with Crippen LogP contribution in [0.2, 0.25) is 5.02 Å². The lowest BCUT2D eigenvalue weighted by molar-refractivity contribution is 0.304. The molecular weight excluding hydrogens is 490 g/mol. The molecule has 0 aliphatic rings. The molecule has 0 bridgehead atoms. The van der Waals surface area contributed by atoms with Gasteiger partial charge in [-0.2, -0.15) is 0 Å². The summed E-state index contributed by atoms with van der Waals surface area (Å²) in [7, 11) is 0. The van der Waals surface area contributed by atoms with Gasteiger partial charge in [0, 0.05) is 21.3 Å². The second kappa shape index (κ2) is 9.05. The van der Waals surface area contributed by atoms with Gasteiger partial charge < -0.3 is 4.74 Å². The van der Waals surface area contributed by atoms with Crippen LogP contribution in [0.1, 0.15) is 22.3 Å². The van der Waals surface area contributed by atoms with Crippen LogP contribution in [0.15, 0.2) is 68.5 Å². The Labute approximate surface area is 181 Å². The van der Waals surface area contributed by atoms with Crippen LogP contribution in [0.5, 0.6) is 5.75 Å². The van der Waals surface area contributed by atoms with Crippen LogP contribution in [0.3, 0.4) is 0 Å². The third kappa shape index (κ3) is 5.44. The fourth-order valence-corrected chi connectivity index (χ4v) is 4.15. The van der Waals surface area contributed by atoms with Crippen molar-refractivity contribution in [3.63, 3.8) is 0 Å². The van der Waals surface area contributed by atoms with Crippen molar-refractivity contribution in [2.75, 3.05) is 0 Å². The van der Waals surface area contributed by atoms with Gasteiger partial charge in [0.15, 0.2) is 0 Å². The maximum atomic E-state index is 6.08. The van der Waals surface area contributed by atoms with Crippen molar-refractivity contribution in [2.45, 2.75) is 20.5 Å². The number of benzene rings is 3. The van der Waals surface area contributed by atoms with E-state index in [1.807, 2.05) is 48.7 Å². The van der Waals surface area contributed by atoms with Crippen molar-refractivity contribution < 1.29 is 4.74 Å². The predicted octanol–water partition coefficient (Wildman–Crippen LogP) is 7.81. The molecule has 0 aliphatic heterocycles. The van der Waals surface area contributed by atoms with Gasteiger partial charge >= 0.3 is 0 Å². The molecule has 3 aromatic rings. The Kier molecular flexibility index (Phi) is 6.74. The second-order valence-electron chi connectivity index (χ2n) is 6.27. The summed E-state index contributed by atoms with van der Waals surface area (Å²) in [5, 5.41) is 0.713. The monoisotopic (exact) mass is 505 g/mol. The molecular formula is C22H18Br2ClNO. The van der Waals surface area contributed by atoms with Crippen molar-refractivity contribution in [1.29, 1.82) is 0 Å². The zero-order valence-corrected chi connectivity index (χ0v) is 18.9. The molecule has 0 N–H and O–H groups in total. The van der Waals surface area contributed by atoms with Gasteiger partial charge in [0.25, 0.3) is 0 Å². The molecule has 0 aromatic heterocycles. The number of hydrogen-bond donors (Lipinski definition) is 0. The first-order chi connectivity index (χ1) is 12.9. The van der Waals surface area contributed by atoms with E-state index in [2.05, 4.69) is 62.8 Å². The van der Waals surface area contributed by atoms with Gasteiger partial charge in [0.1, 0.15) is 12.4 Å². The highest BCUT2D eigenvalue weighted by molar-refractivity contribution is 9.11. The van der Waals surface area contributed by atoms with Crippen LogP contribution in [-0.2, 0) is 6.61 Å². The third-order valence-electron chi connectivity index (χ3n) is 4.03. The minimum absolute atomic E-state index is 0.446. The topological polar surface area (TPSA) is 21.6 Å². The van der Waals surface area contributed by atoms with Gasteiger partial charge in [-0.3, -0.25) is 4.99 Å². The molecule has 0 fully saturated rings. The average Bonchev–Trinajstić information content (AvgIpc) is 2.61. The summed E-state index contributed by atoms with van der Waals surface area (Å²) in [6.45, 7) is 4.59. The lowest BCUT2D eigenvalue weighted by Crippen LogP contribution is -1.99. The van der Waals surface area contributed by atoms with Gasteiger partial charge in [-0.1, -0.05) is 57.4 Å². The summed E-state index contributed by atoms with van der Waals surface area (Å²) >= 11 is 13.1. The first-order valence-corrected chi connectivity index (χ1v) is 10.4. The maximum absolute atomic E-state index is 6.08. The predicted molar refractivity (Wildman–Crippen MR) is 121 cm³/mol. The Morgan fingerprint density at radius 3 is 2.44 bits per heavy atom. The van der Waals surface area contributed by atoms with E-state index in [1.54, 1.807) is 0 Å². The maximum Gasteiger partial charge on any atom is 0.142 e. The Morgan fingerprint density at radius 2 is 1.74 bits per heavy atom. The number of nitrogens with zero attached hydrogens (tertiary/aromatic N) is 1. The minimum atomic E-state index is 0.446. The molecule has 0 spiro atoms.